The number of carbonyl (C=O) groups excluding carboxylic acids is 1. The third kappa shape index (κ3) is 3.63. The molecule has 0 aliphatic carbocycles. The maximum absolute atomic E-state index is 13.1. The molecule has 176 valence electrons. The first-order chi connectivity index (χ1) is 17.1. The van der Waals surface area contributed by atoms with Crippen molar-refractivity contribution in [3.63, 3.8) is 0 Å². The van der Waals surface area contributed by atoms with Crippen LogP contribution in [0.1, 0.15) is 0 Å². The molecule has 0 spiro atoms. The molecule has 35 heavy (non-hydrogen) atoms. The second-order valence-corrected chi connectivity index (χ2v) is 8.56. The zero-order valence-corrected chi connectivity index (χ0v) is 19.0. The van der Waals surface area contributed by atoms with Crippen LogP contribution < -0.4 is 21.4 Å². The van der Waals surface area contributed by atoms with Crippen LogP contribution >= 0.6 is 0 Å². The van der Waals surface area contributed by atoms with Crippen LogP contribution in [0.2, 0.25) is 0 Å². The zero-order chi connectivity index (χ0) is 23.9. The van der Waals surface area contributed by atoms with Crippen LogP contribution in [0.5, 0.6) is 0 Å². The van der Waals surface area contributed by atoms with Gasteiger partial charge in [-0.1, -0.05) is 30.3 Å². The Bertz CT molecular complexity index is 1650. The first kappa shape index (κ1) is 21.4. The molecule has 2 aromatic heterocycles. The number of aromatic nitrogens is 1. The molecular weight excluding hydrogens is 444 g/mol. The van der Waals surface area contributed by atoms with Crippen molar-refractivity contribution in [2.75, 3.05) is 43.1 Å². The fraction of sp³-hybridized carbons (Fsp3) is 0.185. The molecule has 1 saturated heterocycles. The maximum atomic E-state index is 13.1. The van der Waals surface area contributed by atoms with Crippen molar-refractivity contribution in [3.8, 4) is 11.1 Å². The standard InChI is InChI=1S/C27H24N4O4/c28-15-24(33)29-20-9-8-17(27-25(20)19-4-1-2-7-22(19)35-27)16-5-3-6-18-21(32)14-23(30-26(16)18)31-10-12-34-13-11-31/h1-9,14H,10-13,15,28H2,(H,29,33)(H,30,32). The molecule has 1 amide bonds. The molecule has 3 aromatic carbocycles. The zero-order valence-electron chi connectivity index (χ0n) is 19.0. The van der Waals surface area contributed by atoms with Gasteiger partial charge in [-0.05, 0) is 24.3 Å². The van der Waals surface area contributed by atoms with Gasteiger partial charge in [-0.3, -0.25) is 9.59 Å². The Morgan fingerprint density at radius 2 is 1.80 bits per heavy atom. The monoisotopic (exact) mass is 468 g/mol. The summed E-state index contributed by atoms with van der Waals surface area (Å²) in [5.41, 5.74) is 9.87. The highest BCUT2D eigenvalue weighted by atomic mass is 16.5. The Morgan fingerprint density at radius 1 is 1.00 bits per heavy atom. The van der Waals surface area contributed by atoms with Crippen molar-refractivity contribution < 1.29 is 13.9 Å². The Balaban J connectivity index is 1.61. The molecule has 3 heterocycles. The number of benzene rings is 3. The number of pyridine rings is 1. The second-order valence-electron chi connectivity index (χ2n) is 8.56. The van der Waals surface area contributed by atoms with E-state index >= 15 is 0 Å². The molecule has 6 rings (SSSR count). The SMILES string of the molecule is NCC(=O)Nc1ccc(-c2cccc3c(=O)cc(N4CCOCC4)[nH]c23)c2oc3ccccc3c12. The summed E-state index contributed by atoms with van der Waals surface area (Å²) in [5, 5.41) is 5.17. The van der Waals surface area contributed by atoms with Crippen LogP contribution in [0.4, 0.5) is 11.5 Å². The quantitative estimate of drug-likeness (QED) is 0.369. The van der Waals surface area contributed by atoms with Gasteiger partial charge >= 0.3 is 0 Å². The molecule has 1 aliphatic rings. The van der Waals surface area contributed by atoms with Crippen molar-refractivity contribution in [3.05, 3.63) is 70.9 Å². The lowest BCUT2D eigenvalue weighted by molar-refractivity contribution is -0.114. The van der Waals surface area contributed by atoms with E-state index in [-0.39, 0.29) is 17.9 Å². The fourth-order valence-corrected chi connectivity index (χ4v) is 4.80. The Kier molecular flexibility index (Phi) is 5.24. The van der Waals surface area contributed by atoms with Crippen LogP contribution in [0.15, 0.2) is 69.9 Å². The van der Waals surface area contributed by atoms with Crippen LogP contribution in [-0.2, 0) is 9.53 Å². The molecule has 8 nitrogen and oxygen atoms in total. The first-order valence-electron chi connectivity index (χ1n) is 11.6. The first-order valence-corrected chi connectivity index (χ1v) is 11.6. The third-order valence-electron chi connectivity index (χ3n) is 6.48. The molecule has 0 unspecified atom stereocenters. The number of hydrogen-bond acceptors (Lipinski definition) is 6. The predicted molar refractivity (Wildman–Crippen MR) is 138 cm³/mol. The van der Waals surface area contributed by atoms with Gasteiger partial charge in [-0.15, -0.1) is 0 Å². The number of rotatable bonds is 4. The lowest BCUT2D eigenvalue weighted by Gasteiger charge is -2.28. The van der Waals surface area contributed by atoms with Gasteiger partial charge in [-0.2, -0.15) is 0 Å². The number of nitrogens with zero attached hydrogens (tertiary/aromatic N) is 1. The number of para-hydroxylation sites is 2. The van der Waals surface area contributed by atoms with Gasteiger partial charge < -0.3 is 30.1 Å². The van der Waals surface area contributed by atoms with E-state index in [9.17, 15) is 9.59 Å². The second kappa shape index (κ2) is 8.57. The minimum absolute atomic E-state index is 0.0465. The maximum Gasteiger partial charge on any atom is 0.238 e. The summed E-state index contributed by atoms with van der Waals surface area (Å²) >= 11 is 0. The minimum atomic E-state index is -0.283. The van der Waals surface area contributed by atoms with Gasteiger partial charge in [0, 0.05) is 41.1 Å². The summed E-state index contributed by atoms with van der Waals surface area (Å²) in [6.45, 7) is 2.56. The van der Waals surface area contributed by atoms with Gasteiger partial charge in [0.05, 0.1) is 36.3 Å². The Labute approximate surface area is 200 Å². The molecular formula is C27H24N4O4. The summed E-state index contributed by atoms with van der Waals surface area (Å²) < 4.78 is 11.8. The molecule has 4 N–H and O–H groups in total. The van der Waals surface area contributed by atoms with E-state index in [4.69, 9.17) is 14.9 Å². The van der Waals surface area contributed by atoms with Gasteiger partial charge in [0.15, 0.2) is 5.43 Å². The number of nitrogens with one attached hydrogen (secondary N) is 2. The average Bonchev–Trinajstić information content (AvgIpc) is 3.29. The number of fused-ring (bicyclic) bond motifs is 4. The van der Waals surface area contributed by atoms with Crippen LogP contribution in [0.25, 0.3) is 44.0 Å². The fourth-order valence-electron chi connectivity index (χ4n) is 4.80. The van der Waals surface area contributed by atoms with Crippen LogP contribution in [-0.4, -0.2) is 43.7 Å². The number of morpholine rings is 1. The molecule has 1 fully saturated rings. The summed E-state index contributed by atoms with van der Waals surface area (Å²) in [7, 11) is 0. The summed E-state index contributed by atoms with van der Waals surface area (Å²) in [6.07, 6.45) is 0. The third-order valence-corrected chi connectivity index (χ3v) is 6.48. The molecule has 8 heteroatoms. The number of H-pyrrole nitrogens is 1. The lowest BCUT2D eigenvalue weighted by Crippen LogP contribution is -2.37. The van der Waals surface area contributed by atoms with Crippen molar-refractivity contribution in [1.29, 1.82) is 0 Å². The van der Waals surface area contributed by atoms with E-state index in [0.717, 1.165) is 33.2 Å². The molecule has 1 aliphatic heterocycles. The van der Waals surface area contributed by atoms with Crippen LogP contribution in [0.3, 0.4) is 0 Å². The number of anilines is 2. The lowest BCUT2D eigenvalue weighted by atomic mass is 9.98. The van der Waals surface area contributed by atoms with E-state index in [1.165, 1.54) is 0 Å². The number of ether oxygens (including phenoxy) is 1. The number of carbonyl (C=O) groups is 1. The minimum Gasteiger partial charge on any atom is -0.455 e. The Morgan fingerprint density at radius 3 is 2.63 bits per heavy atom. The number of nitrogens with two attached hydrogens (primary N) is 1. The normalized spacial score (nSPS) is 14.1. The van der Waals surface area contributed by atoms with E-state index in [0.29, 0.717) is 48.5 Å². The highest BCUT2D eigenvalue weighted by molar-refractivity contribution is 6.18. The number of furan rings is 1. The van der Waals surface area contributed by atoms with Crippen LogP contribution in [0, 0.1) is 0 Å². The van der Waals surface area contributed by atoms with E-state index in [1.54, 1.807) is 6.07 Å². The number of hydrogen-bond donors (Lipinski definition) is 3. The van der Waals surface area contributed by atoms with Gasteiger partial charge in [0.1, 0.15) is 17.0 Å². The summed E-state index contributed by atoms with van der Waals surface area (Å²) in [6, 6.07) is 18.8. The van der Waals surface area contributed by atoms with Gasteiger partial charge in [0.25, 0.3) is 0 Å². The highest BCUT2D eigenvalue weighted by Crippen LogP contribution is 2.41. The molecule has 5 aromatic rings. The predicted octanol–water partition coefficient (Wildman–Crippen LogP) is 3.83. The van der Waals surface area contributed by atoms with Crippen molar-refractivity contribution in [2.24, 2.45) is 5.73 Å². The largest absolute Gasteiger partial charge is 0.455 e. The highest BCUT2D eigenvalue weighted by Gasteiger charge is 2.20. The number of amides is 1. The number of aromatic amines is 1. The summed E-state index contributed by atoms with van der Waals surface area (Å²) in [5.74, 6) is 0.486. The molecule has 0 saturated carbocycles. The van der Waals surface area contributed by atoms with E-state index < -0.39 is 0 Å². The van der Waals surface area contributed by atoms with Crippen molar-refractivity contribution >= 4 is 50.3 Å². The summed E-state index contributed by atoms with van der Waals surface area (Å²) in [4.78, 5) is 30.8. The Hall–Kier alpha value is -4.14. The van der Waals surface area contributed by atoms with Crippen molar-refractivity contribution in [1.82, 2.24) is 4.98 Å². The molecule has 0 atom stereocenters. The van der Waals surface area contributed by atoms with E-state index in [2.05, 4.69) is 15.2 Å². The topological polar surface area (TPSA) is 114 Å². The van der Waals surface area contributed by atoms with Crippen molar-refractivity contribution in [2.45, 2.75) is 0 Å². The molecule has 0 bridgehead atoms. The van der Waals surface area contributed by atoms with Gasteiger partial charge in [-0.25, -0.2) is 0 Å². The smallest absolute Gasteiger partial charge is 0.238 e. The van der Waals surface area contributed by atoms with Gasteiger partial charge in [0.2, 0.25) is 5.91 Å². The van der Waals surface area contributed by atoms with E-state index in [1.807, 2.05) is 54.6 Å². The average molecular weight is 469 g/mol. The molecule has 0 radical (unpaired) electrons.